The highest BCUT2D eigenvalue weighted by Crippen LogP contribution is 2.22. The van der Waals surface area contributed by atoms with Crippen molar-refractivity contribution in [3.8, 4) is 0 Å². The van der Waals surface area contributed by atoms with Gasteiger partial charge in [-0.3, -0.25) is 9.59 Å². The van der Waals surface area contributed by atoms with Crippen LogP contribution in [0, 0.1) is 5.92 Å². The van der Waals surface area contributed by atoms with Crippen LogP contribution in [-0.2, 0) is 20.7 Å². The van der Waals surface area contributed by atoms with Gasteiger partial charge in [0.25, 0.3) is 0 Å². The minimum Gasteiger partial charge on any atom is -0.381 e. The fourth-order valence-electron chi connectivity index (χ4n) is 3.74. The number of hydrogen-bond donors (Lipinski definition) is 2. The van der Waals surface area contributed by atoms with Gasteiger partial charge in [-0.15, -0.1) is 0 Å². The van der Waals surface area contributed by atoms with Crippen molar-refractivity contribution in [2.75, 3.05) is 32.8 Å². The Hall–Kier alpha value is -1.92. The SMILES string of the molecule is NC1(C(=O)NCC(=O)N2CCC(Cc3ccccc3)CC2)CCOCC1. The van der Waals surface area contributed by atoms with Gasteiger partial charge in [-0.05, 0) is 43.6 Å². The van der Waals surface area contributed by atoms with E-state index < -0.39 is 5.54 Å². The summed E-state index contributed by atoms with van der Waals surface area (Å²) in [4.78, 5) is 26.6. The lowest BCUT2D eigenvalue weighted by atomic mass is 9.90. The molecule has 1 aromatic rings. The molecule has 2 aliphatic rings. The number of hydrogen-bond acceptors (Lipinski definition) is 4. The second kappa shape index (κ2) is 8.64. The maximum Gasteiger partial charge on any atom is 0.241 e. The molecule has 3 N–H and O–H groups in total. The predicted octanol–water partition coefficient (Wildman–Crippen LogP) is 1.09. The Bertz CT molecular complexity index is 606. The number of likely N-dealkylation sites (tertiary alicyclic amines) is 1. The van der Waals surface area contributed by atoms with Gasteiger partial charge in [0.15, 0.2) is 0 Å². The summed E-state index contributed by atoms with van der Waals surface area (Å²) >= 11 is 0. The molecular formula is C20H29N3O3. The number of nitrogens with zero attached hydrogens (tertiary/aromatic N) is 1. The van der Waals surface area contributed by atoms with Crippen LogP contribution in [0.3, 0.4) is 0 Å². The first kappa shape index (κ1) is 18.9. The lowest BCUT2D eigenvalue weighted by molar-refractivity contribution is -0.136. The molecule has 142 valence electrons. The standard InChI is InChI=1S/C20H29N3O3/c21-20(8-12-26-13-9-20)19(25)22-15-18(24)23-10-6-17(7-11-23)14-16-4-2-1-3-5-16/h1-5,17H,6-15,21H2,(H,22,25). The maximum atomic E-state index is 12.4. The molecule has 0 unspecified atom stereocenters. The highest BCUT2D eigenvalue weighted by Gasteiger charge is 2.36. The fraction of sp³-hybridized carbons (Fsp3) is 0.600. The van der Waals surface area contributed by atoms with Gasteiger partial charge in [0.2, 0.25) is 11.8 Å². The molecule has 0 bridgehead atoms. The molecule has 0 radical (unpaired) electrons. The van der Waals surface area contributed by atoms with Crippen LogP contribution in [0.2, 0.25) is 0 Å². The monoisotopic (exact) mass is 359 g/mol. The van der Waals surface area contributed by atoms with Crippen LogP contribution < -0.4 is 11.1 Å². The normalized spacial score (nSPS) is 20.6. The van der Waals surface area contributed by atoms with E-state index in [-0.39, 0.29) is 18.4 Å². The molecular weight excluding hydrogens is 330 g/mol. The van der Waals surface area contributed by atoms with E-state index >= 15 is 0 Å². The number of carbonyl (C=O) groups excluding carboxylic acids is 2. The molecule has 0 atom stereocenters. The third kappa shape index (κ3) is 4.83. The van der Waals surface area contributed by atoms with Gasteiger partial charge in [-0.2, -0.15) is 0 Å². The van der Waals surface area contributed by atoms with Crippen molar-refractivity contribution in [2.24, 2.45) is 11.7 Å². The van der Waals surface area contributed by atoms with E-state index in [0.717, 1.165) is 32.4 Å². The highest BCUT2D eigenvalue weighted by atomic mass is 16.5. The van der Waals surface area contributed by atoms with E-state index in [4.69, 9.17) is 10.5 Å². The average molecular weight is 359 g/mol. The molecule has 3 rings (SSSR count). The smallest absolute Gasteiger partial charge is 0.241 e. The van der Waals surface area contributed by atoms with E-state index in [1.54, 1.807) is 0 Å². The van der Waals surface area contributed by atoms with Gasteiger partial charge in [-0.25, -0.2) is 0 Å². The number of ether oxygens (including phenoxy) is 1. The first-order chi connectivity index (χ1) is 12.6. The van der Waals surface area contributed by atoms with Crippen molar-refractivity contribution >= 4 is 11.8 Å². The van der Waals surface area contributed by atoms with Crippen LogP contribution in [-0.4, -0.2) is 55.1 Å². The third-order valence-corrected chi connectivity index (χ3v) is 5.57. The molecule has 2 aliphatic heterocycles. The Balaban J connectivity index is 1.40. The number of rotatable bonds is 5. The quantitative estimate of drug-likeness (QED) is 0.824. The summed E-state index contributed by atoms with van der Waals surface area (Å²) in [5.41, 5.74) is 6.60. The Morgan fingerprint density at radius 1 is 1.15 bits per heavy atom. The van der Waals surface area contributed by atoms with Crippen LogP contribution in [0.15, 0.2) is 30.3 Å². The van der Waals surface area contributed by atoms with Crippen molar-refractivity contribution in [3.63, 3.8) is 0 Å². The topological polar surface area (TPSA) is 84.7 Å². The molecule has 2 heterocycles. The maximum absolute atomic E-state index is 12.4. The summed E-state index contributed by atoms with van der Waals surface area (Å²) < 4.78 is 5.25. The first-order valence-corrected chi connectivity index (χ1v) is 9.53. The number of nitrogens with one attached hydrogen (secondary N) is 1. The van der Waals surface area contributed by atoms with E-state index in [1.807, 2.05) is 11.0 Å². The number of amides is 2. The highest BCUT2D eigenvalue weighted by molar-refractivity contribution is 5.90. The Kier molecular flexibility index (Phi) is 6.27. The van der Waals surface area contributed by atoms with Crippen LogP contribution in [0.5, 0.6) is 0 Å². The minimum absolute atomic E-state index is 0.0211. The number of piperidine rings is 1. The van der Waals surface area contributed by atoms with Gasteiger partial charge < -0.3 is 20.7 Å². The van der Waals surface area contributed by atoms with Gasteiger partial charge >= 0.3 is 0 Å². The fourth-order valence-corrected chi connectivity index (χ4v) is 3.74. The van der Waals surface area contributed by atoms with E-state index in [2.05, 4.69) is 29.6 Å². The molecule has 2 saturated heterocycles. The predicted molar refractivity (Wildman–Crippen MR) is 99.4 cm³/mol. The van der Waals surface area contributed by atoms with Crippen molar-refractivity contribution in [1.82, 2.24) is 10.2 Å². The minimum atomic E-state index is -0.902. The van der Waals surface area contributed by atoms with Crippen LogP contribution in [0.25, 0.3) is 0 Å². The molecule has 2 amide bonds. The zero-order valence-electron chi connectivity index (χ0n) is 15.3. The van der Waals surface area contributed by atoms with Gasteiger partial charge in [-0.1, -0.05) is 30.3 Å². The summed E-state index contributed by atoms with van der Waals surface area (Å²) in [5, 5.41) is 2.73. The molecule has 1 aromatic carbocycles. The molecule has 0 saturated carbocycles. The zero-order valence-corrected chi connectivity index (χ0v) is 15.3. The van der Waals surface area contributed by atoms with Gasteiger partial charge in [0, 0.05) is 26.3 Å². The summed E-state index contributed by atoms with van der Waals surface area (Å²) in [6.45, 7) is 2.53. The van der Waals surface area contributed by atoms with Crippen molar-refractivity contribution in [3.05, 3.63) is 35.9 Å². The summed E-state index contributed by atoms with van der Waals surface area (Å²) in [6.07, 6.45) is 4.08. The van der Waals surface area contributed by atoms with Crippen LogP contribution in [0.4, 0.5) is 0 Å². The van der Waals surface area contributed by atoms with E-state index in [9.17, 15) is 9.59 Å². The Morgan fingerprint density at radius 3 is 2.46 bits per heavy atom. The molecule has 6 nitrogen and oxygen atoms in total. The second-order valence-electron chi connectivity index (χ2n) is 7.47. The van der Waals surface area contributed by atoms with Gasteiger partial charge in [0.05, 0.1) is 12.1 Å². The van der Waals surface area contributed by atoms with Crippen molar-refractivity contribution < 1.29 is 14.3 Å². The summed E-state index contributed by atoms with van der Waals surface area (Å²) in [5.74, 6) is 0.353. The summed E-state index contributed by atoms with van der Waals surface area (Å²) in [7, 11) is 0. The molecule has 2 fully saturated rings. The van der Waals surface area contributed by atoms with E-state index in [1.165, 1.54) is 5.56 Å². The largest absolute Gasteiger partial charge is 0.381 e. The molecule has 0 aromatic heterocycles. The lowest BCUT2D eigenvalue weighted by Gasteiger charge is -2.34. The number of carbonyl (C=O) groups is 2. The zero-order chi connectivity index (χ0) is 18.4. The number of benzene rings is 1. The van der Waals surface area contributed by atoms with Gasteiger partial charge in [0.1, 0.15) is 0 Å². The number of nitrogens with two attached hydrogens (primary N) is 1. The Morgan fingerprint density at radius 2 is 1.81 bits per heavy atom. The second-order valence-corrected chi connectivity index (χ2v) is 7.47. The van der Waals surface area contributed by atoms with Crippen molar-refractivity contribution in [2.45, 2.75) is 37.6 Å². The molecule has 26 heavy (non-hydrogen) atoms. The third-order valence-electron chi connectivity index (χ3n) is 5.57. The lowest BCUT2D eigenvalue weighted by Crippen LogP contribution is -2.58. The van der Waals surface area contributed by atoms with Crippen molar-refractivity contribution in [1.29, 1.82) is 0 Å². The Labute approximate surface area is 155 Å². The molecule has 0 spiro atoms. The molecule has 6 heteroatoms. The summed E-state index contributed by atoms with van der Waals surface area (Å²) in [6, 6.07) is 10.5. The van der Waals surface area contributed by atoms with Crippen LogP contribution >= 0.6 is 0 Å². The molecule has 0 aliphatic carbocycles. The van der Waals surface area contributed by atoms with E-state index in [0.29, 0.717) is 32.0 Å². The first-order valence-electron chi connectivity index (χ1n) is 9.53. The average Bonchev–Trinajstić information content (AvgIpc) is 2.68. The van der Waals surface area contributed by atoms with Crippen LogP contribution in [0.1, 0.15) is 31.2 Å².